The third-order valence-corrected chi connectivity index (χ3v) is 5.30. The molecule has 0 aliphatic carbocycles. The molecule has 1 aliphatic rings. The van der Waals surface area contributed by atoms with E-state index >= 15 is 0 Å². The van der Waals surface area contributed by atoms with Crippen LogP contribution in [-0.2, 0) is 9.59 Å². The fourth-order valence-corrected chi connectivity index (χ4v) is 3.58. The minimum Gasteiger partial charge on any atom is -0.339 e. The van der Waals surface area contributed by atoms with Gasteiger partial charge in [0.05, 0.1) is 16.6 Å². The molecule has 1 fully saturated rings. The lowest BCUT2D eigenvalue weighted by Gasteiger charge is -2.33. The summed E-state index contributed by atoms with van der Waals surface area (Å²) in [5, 5.41) is 11.7. The van der Waals surface area contributed by atoms with Crippen LogP contribution in [0.25, 0.3) is 17.2 Å². The summed E-state index contributed by atoms with van der Waals surface area (Å²) >= 11 is 0. The van der Waals surface area contributed by atoms with E-state index in [1.165, 1.54) is 19.1 Å². The standard InChI is InChI=1S/C23H24N3O4/c1-16-7-8-17(2)20(15-16)23-19(5-4-6-21(23)26(29)30)9-10-22(28)25-13-11-24(12-14-25)18(3)27/h4-5,7-10,15H,11-14H2,1-3H3/b10-9+. The molecule has 2 amide bonds. The maximum atomic E-state index is 12.6. The number of piperazine rings is 1. The van der Waals surface area contributed by atoms with Crippen molar-refractivity contribution in [3.05, 3.63) is 69.3 Å². The van der Waals surface area contributed by atoms with E-state index in [2.05, 4.69) is 6.07 Å². The highest BCUT2D eigenvalue weighted by Crippen LogP contribution is 2.36. The molecule has 0 unspecified atom stereocenters. The Morgan fingerprint density at radius 2 is 1.77 bits per heavy atom. The summed E-state index contributed by atoms with van der Waals surface area (Å²) in [5.41, 5.74) is 3.57. The van der Waals surface area contributed by atoms with Crippen LogP contribution in [0.1, 0.15) is 23.6 Å². The quantitative estimate of drug-likeness (QED) is 0.443. The van der Waals surface area contributed by atoms with Gasteiger partial charge in [0, 0.05) is 39.2 Å². The lowest BCUT2D eigenvalue weighted by molar-refractivity contribution is -0.384. The van der Waals surface area contributed by atoms with Crippen LogP contribution in [0, 0.1) is 30.0 Å². The number of hydrogen-bond acceptors (Lipinski definition) is 4. The van der Waals surface area contributed by atoms with Crippen LogP contribution >= 0.6 is 0 Å². The van der Waals surface area contributed by atoms with Crippen molar-refractivity contribution in [2.24, 2.45) is 0 Å². The van der Waals surface area contributed by atoms with Crippen molar-refractivity contribution in [2.45, 2.75) is 20.8 Å². The second-order valence-electron chi connectivity index (χ2n) is 7.40. The highest BCUT2D eigenvalue weighted by Gasteiger charge is 2.22. The minimum absolute atomic E-state index is 0.00338. The topological polar surface area (TPSA) is 83.8 Å². The highest BCUT2D eigenvalue weighted by molar-refractivity contribution is 5.94. The van der Waals surface area contributed by atoms with Crippen molar-refractivity contribution in [2.75, 3.05) is 26.2 Å². The Hall–Kier alpha value is -3.48. The lowest BCUT2D eigenvalue weighted by atomic mass is 9.93. The number of nitrogens with zero attached hydrogens (tertiary/aromatic N) is 3. The largest absolute Gasteiger partial charge is 0.339 e. The van der Waals surface area contributed by atoms with Gasteiger partial charge < -0.3 is 9.80 Å². The minimum atomic E-state index is -0.447. The summed E-state index contributed by atoms with van der Waals surface area (Å²) in [6, 6.07) is 11.7. The molecule has 3 rings (SSSR count). The van der Waals surface area contributed by atoms with Crippen LogP contribution in [0.5, 0.6) is 0 Å². The van der Waals surface area contributed by atoms with Crippen LogP contribution in [0.3, 0.4) is 0 Å². The van der Waals surface area contributed by atoms with Gasteiger partial charge in [0.15, 0.2) is 0 Å². The molecule has 0 spiro atoms. The third-order valence-electron chi connectivity index (χ3n) is 5.30. The number of amides is 2. The van der Waals surface area contributed by atoms with Gasteiger partial charge in [0.1, 0.15) is 0 Å². The summed E-state index contributed by atoms with van der Waals surface area (Å²) in [6.45, 7) is 7.30. The van der Waals surface area contributed by atoms with E-state index in [0.29, 0.717) is 37.3 Å². The normalized spacial score (nSPS) is 14.2. The maximum absolute atomic E-state index is 12.6. The molecule has 1 heterocycles. The molecule has 2 aromatic rings. The van der Waals surface area contributed by atoms with Gasteiger partial charge in [0.2, 0.25) is 11.8 Å². The van der Waals surface area contributed by atoms with E-state index in [1.807, 2.05) is 32.0 Å². The molecule has 30 heavy (non-hydrogen) atoms. The van der Waals surface area contributed by atoms with Crippen molar-refractivity contribution in [3.8, 4) is 11.1 Å². The number of aryl methyl sites for hydroxylation is 2. The Balaban J connectivity index is 1.92. The second-order valence-corrected chi connectivity index (χ2v) is 7.40. The first kappa shape index (κ1) is 21.2. The van der Waals surface area contributed by atoms with Crippen molar-refractivity contribution in [3.63, 3.8) is 0 Å². The number of nitro groups is 1. The maximum Gasteiger partial charge on any atom is 0.285 e. The number of carbonyl (C=O) groups excluding carboxylic acids is 2. The van der Waals surface area contributed by atoms with E-state index in [4.69, 9.17) is 0 Å². The van der Waals surface area contributed by atoms with Crippen molar-refractivity contribution < 1.29 is 14.5 Å². The Morgan fingerprint density at radius 1 is 1.10 bits per heavy atom. The Kier molecular flexibility index (Phi) is 6.30. The fraction of sp³-hybridized carbons (Fsp3) is 0.304. The van der Waals surface area contributed by atoms with Gasteiger partial charge in [0.25, 0.3) is 5.69 Å². The number of carbonyl (C=O) groups is 2. The molecule has 7 heteroatoms. The molecule has 2 aromatic carbocycles. The zero-order valence-electron chi connectivity index (χ0n) is 17.3. The predicted molar refractivity (Wildman–Crippen MR) is 115 cm³/mol. The first-order valence-corrected chi connectivity index (χ1v) is 9.77. The first-order chi connectivity index (χ1) is 14.3. The predicted octanol–water partition coefficient (Wildman–Crippen LogP) is 3.38. The van der Waals surface area contributed by atoms with Gasteiger partial charge >= 0.3 is 0 Å². The Labute approximate surface area is 175 Å². The number of benzene rings is 2. The van der Waals surface area contributed by atoms with Gasteiger partial charge in [-0.05, 0) is 42.7 Å². The van der Waals surface area contributed by atoms with Crippen LogP contribution in [-0.4, -0.2) is 52.7 Å². The highest BCUT2D eigenvalue weighted by atomic mass is 16.6. The smallest absolute Gasteiger partial charge is 0.285 e. The Bertz CT molecular complexity index is 1020. The number of hydrogen-bond donors (Lipinski definition) is 0. The summed E-state index contributed by atoms with van der Waals surface area (Å²) in [5.74, 6) is -0.177. The molecule has 155 valence electrons. The fourth-order valence-electron chi connectivity index (χ4n) is 3.58. The number of nitro benzene ring substituents is 1. The van der Waals surface area contributed by atoms with E-state index in [1.54, 1.807) is 21.9 Å². The molecule has 0 N–H and O–H groups in total. The SMILES string of the molecule is CC(=O)N1CCN(C(=O)/C=C/c2cc[c]c([N+](=O)[O-])c2-c2cc(C)ccc2C)CC1. The second kappa shape index (κ2) is 8.90. The van der Waals surface area contributed by atoms with Crippen molar-refractivity contribution in [1.29, 1.82) is 0 Å². The van der Waals surface area contributed by atoms with E-state index in [9.17, 15) is 19.7 Å². The molecule has 0 aromatic heterocycles. The molecule has 7 nitrogen and oxygen atoms in total. The van der Waals surface area contributed by atoms with Crippen LogP contribution in [0.4, 0.5) is 5.69 Å². The molecule has 0 bridgehead atoms. The molecule has 0 saturated carbocycles. The number of rotatable bonds is 4. The molecule has 1 radical (unpaired) electrons. The van der Waals surface area contributed by atoms with E-state index < -0.39 is 4.92 Å². The first-order valence-electron chi connectivity index (χ1n) is 9.77. The zero-order chi connectivity index (χ0) is 21.8. The third kappa shape index (κ3) is 4.56. The van der Waals surface area contributed by atoms with Crippen LogP contribution < -0.4 is 0 Å². The van der Waals surface area contributed by atoms with Gasteiger partial charge in [-0.1, -0.05) is 29.8 Å². The van der Waals surface area contributed by atoms with Crippen molar-refractivity contribution in [1.82, 2.24) is 9.80 Å². The van der Waals surface area contributed by atoms with E-state index in [-0.39, 0.29) is 17.5 Å². The van der Waals surface area contributed by atoms with Crippen molar-refractivity contribution >= 4 is 23.6 Å². The molecular formula is C23H24N3O4. The van der Waals surface area contributed by atoms with Crippen LogP contribution in [0.2, 0.25) is 0 Å². The summed E-state index contributed by atoms with van der Waals surface area (Å²) in [6.07, 6.45) is 3.06. The zero-order valence-corrected chi connectivity index (χ0v) is 17.3. The summed E-state index contributed by atoms with van der Waals surface area (Å²) in [4.78, 5) is 38.7. The monoisotopic (exact) mass is 406 g/mol. The summed E-state index contributed by atoms with van der Waals surface area (Å²) < 4.78 is 0. The van der Waals surface area contributed by atoms with Gasteiger partial charge in [-0.15, -0.1) is 0 Å². The average molecular weight is 406 g/mol. The average Bonchev–Trinajstić information content (AvgIpc) is 2.73. The van der Waals surface area contributed by atoms with Gasteiger partial charge in [-0.2, -0.15) is 0 Å². The van der Waals surface area contributed by atoms with Gasteiger partial charge in [-0.25, -0.2) is 0 Å². The molecule has 1 aliphatic heterocycles. The lowest BCUT2D eigenvalue weighted by Crippen LogP contribution is -2.49. The van der Waals surface area contributed by atoms with E-state index in [0.717, 1.165) is 16.7 Å². The van der Waals surface area contributed by atoms with Crippen LogP contribution in [0.15, 0.2) is 36.4 Å². The van der Waals surface area contributed by atoms with Gasteiger partial charge in [-0.3, -0.25) is 19.7 Å². The molecule has 1 saturated heterocycles. The molecular weight excluding hydrogens is 382 g/mol. The molecule has 0 atom stereocenters. The summed E-state index contributed by atoms with van der Waals surface area (Å²) in [7, 11) is 0. The Morgan fingerprint density at radius 3 is 2.40 bits per heavy atom.